The van der Waals surface area contributed by atoms with Crippen LogP contribution < -0.4 is 0 Å². The first-order valence-electron chi connectivity index (χ1n) is 6.72. The first-order chi connectivity index (χ1) is 9.93. The Kier molecular flexibility index (Phi) is 4.62. The fourth-order valence-electron chi connectivity index (χ4n) is 2.06. The molecule has 1 aromatic rings. The molecule has 1 amide bonds. The number of nitro groups is 1. The smallest absolute Gasteiger partial charge is 0.269 e. The number of aliphatic imine (C=N–C) groups is 1. The maximum Gasteiger partial charge on any atom is 0.269 e. The number of amidine groups is 1. The second-order valence-corrected chi connectivity index (χ2v) is 5.87. The number of amides is 1. The van der Waals surface area contributed by atoms with Crippen molar-refractivity contribution < 1.29 is 9.72 Å². The number of carbonyl (C=O) groups excluding carboxylic acids is 1. The summed E-state index contributed by atoms with van der Waals surface area (Å²) in [6, 6.07) is 4.65. The van der Waals surface area contributed by atoms with Crippen LogP contribution in [0.25, 0.3) is 0 Å². The van der Waals surface area contributed by atoms with E-state index in [0.29, 0.717) is 16.6 Å². The van der Waals surface area contributed by atoms with Gasteiger partial charge in [0.1, 0.15) is 0 Å². The Morgan fingerprint density at radius 3 is 2.81 bits per heavy atom. The maximum absolute atomic E-state index is 11.9. The number of hydrogen-bond donors (Lipinski definition) is 0. The highest BCUT2D eigenvalue weighted by atomic mass is 32.2. The molecule has 1 aromatic carbocycles. The highest BCUT2D eigenvalue weighted by Gasteiger charge is 2.31. The molecule has 1 heterocycles. The fourth-order valence-corrected chi connectivity index (χ4v) is 3.03. The number of benzene rings is 1. The quantitative estimate of drug-likeness (QED) is 0.632. The minimum Gasteiger partial charge on any atom is -0.288 e. The van der Waals surface area contributed by atoms with Crippen LogP contribution in [0.4, 0.5) is 11.4 Å². The van der Waals surface area contributed by atoms with Gasteiger partial charge in [0.2, 0.25) is 5.91 Å². The van der Waals surface area contributed by atoms with Crippen molar-refractivity contribution in [3.05, 3.63) is 33.9 Å². The molecule has 1 aliphatic rings. The van der Waals surface area contributed by atoms with Crippen LogP contribution in [0.1, 0.15) is 25.8 Å². The van der Waals surface area contributed by atoms with Crippen molar-refractivity contribution in [3.63, 3.8) is 0 Å². The van der Waals surface area contributed by atoms with Crippen molar-refractivity contribution in [2.45, 2.75) is 33.2 Å². The highest BCUT2D eigenvalue weighted by molar-refractivity contribution is 8.15. The standard InChI is InChI=1S/C14H17N3O3S/c1-4-10(3)16-13(18)8-21-14(16)15-12-6-5-11(17(19)20)7-9(12)2/h5-7,10H,4,8H2,1-3H3. The Morgan fingerprint density at radius 2 is 2.24 bits per heavy atom. The van der Waals surface area contributed by atoms with Gasteiger partial charge in [-0.1, -0.05) is 18.7 Å². The van der Waals surface area contributed by atoms with E-state index in [1.54, 1.807) is 17.9 Å². The molecule has 1 aliphatic heterocycles. The lowest BCUT2D eigenvalue weighted by atomic mass is 10.2. The predicted molar refractivity (Wildman–Crippen MR) is 84.0 cm³/mol. The van der Waals surface area contributed by atoms with Gasteiger partial charge in [0.15, 0.2) is 5.17 Å². The molecule has 0 bridgehead atoms. The van der Waals surface area contributed by atoms with Crippen molar-refractivity contribution in [2.24, 2.45) is 4.99 Å². The molecule has 6 nitrogen and oxygen atoms in total. The number of thioether (sulfide) groups is 1. The zero-order valence-electron chi connectivity index (χ0n) is 12.2. The molecule has 1 fully saturated rings. The van der Waals surface area contributed by atoms with E-state index in [9.17, 15) is 14.9 Å². The number of non-ortho nitro benzene ring substituents is 1. The van der Waals surface area contributed by atoms with E-state index in [1.165, 1.54) is 23.9 Å². The molecule has 0 aromatic heterocycles. The predicted octanol–water partition coefficient (Wildman–Crippen LogP) is 3.26. The second-order valence-electron chi connectivity index (χ2n) is 4.93. The van der Waals surface area contributed by atoms with Gasteiger partial charge in [0.25, 0.3) is 5.69 Å². The number of nitrogens with zero attached hydrogens (tertiary/aromatic N) is 3. The minimum atomic E-state index is -0.427. The van der Waals surface area contributed by atoms with Gasteiger partial charge in [0.05, 0.1) is 16.4 Å². The van der Waals surface area contributed by atoms with E-state index in [-0.39, 0.29) is 17.6 Å². The highest BCUT2D eigenvalue weighted by Crippen LogP contribution is 2.29. The Balaban J connectivity index is 2.34. The topological polar surface area (TPSA) is 75.8 Å². The van der Waals surface area contributed by atoms with E-state index in [1.807, 2.05) is 13.8 Å². The number of carbonyl (C=O) groups is 1. The SMILES string of the molecule is CCC(C)N1C(=O)CSC1=Nc1ccc([N+](=O)[O-])cc1C. The summed E-state index contributed by atoms with van der Waals surface area (Å²) in [5.41, 5.74) is 1.43. The van der Waals surface area contributed by atoms with Gasteiger partial charge in [-0.2, -0.15) is 0 Å². The molecular weight excluding hydrogens is 290 g/mol. The van der Waals surface area contributed by atoms with E-state index in [4.69, 9.17) is 0 Å². The Hall–Kier alpha value is -1.89. The molecule has 0 radical (unpaired) electrons. The lowest BCUT2D eigenvalue weighted by Gasteiger charge is -2.22. The monoisotopic (exact) mass is 307 g/mol. The minimum absolute atomic E-state index is 0.0467. The summed E-state index contributed by atoms with van der Waals surface area (Å²) in [7, 11) is 0. The van der Waals surface area contributed by atoms with Crippen LogP contribution in [0.15, 0.2) is 23.2 Å². The Morgan fingerprint density at radius 1 is 1.52 bits per heavy atom. The average Bonchev–Trinajstić information content (AvgIpc) is 2.81. The van der Waals surface area contributed by atoms with Gasteiger partial charge in [-0.05, 0) is 31.9 Å². The largest absolute Gasteiger partial charge is 0.288 e. The number of rotatable bonds is 4. The van der Waals surface area contributed by atoms with E-state index in [2.05, 4.69) is 4.99 Å². The van der Waals surface area contributed by atoms with Crippen LogP contribution in [0.5, 0.6) is 0 Å². The zero-order chi connectivity index (χ0) is 15.6. The maximum atomic E-state index is 11.9. The second kappa shape index (κ2) is 6.26. The summed E-state index contributed by atoms with van der Waals surface area (Å²) >= 11 is 1.41. The van der Waals surface area contributed by atoms with E-state index < -0.39 is 4.92 Å². The van der Waals surface area contributed by atoms with Gasteiger partial charge in [-0.25, -0.2) is 4.99 Å². The first kappa shape index (κ1) is 15.5. The van der Waals surface area contributed by atoms with Gasteiger partial charge in [-0.15, -0.1) is 0 Å². The molecular formula is C14H17N3O3S. The van der Waals surface area contributed by atoms with Gasteiger partial charge >= 0.3 is 0 Å². The van der Waals surface area contributed by atoms with Crippen molar-refractivity contribution in [2.75, 3.05) is 5.75 Å². The van der Waals surface area contributed by atoms with Gasteiger partial charge < -0.3 is 0 Å². The zero-order valence-corrected chi connectivity index (χ0v) is 13.0. The average molecular weight is 307 g/mol. The number of aryl methyl sites for hydroxylation is 1. The van der Waals surface area contributed by atoms with Crippen molar-refractivity contribution >= 4 is 34.2 Å². The molecule has 112 valence electrons. The van der Waals surface area contributed by atoms with E-state index >= 15 is 0 Å². The summed E-state index contributed by atoms with van der Waals surface area (Å²) in [5.74, 6) is 0.461. The van der Waals surface area contributed by atoms with Crippen LogP contribution >= 0.6 is 11.8 Å². The Bertz CT molecular complexity index is 615. The lowest BCUT2D eigenvalue weighted by molar-refractivity contribution is -0.384. The molecule has 1 atom stereocenters. The van der Waals surface area contributed by atoms with Crippen LogP contribution in [-0.4, -0.2) is 32.7 Å². The number of nitro benzene ring substituents is 1. The van der Waals surface area contributed by atoms with Crippen molar-refractivity contribution in [3.8, 4) is 0 Å². The van der Waals surface area contributed by atoms with E-state index in [0.717, 1.165) is 12.0 Å². The summed E-state index contributed by atoms with van der Waals surface area (Å²) in [4.78, 5) is 28.5. The molecule has 21 heavy (non-hydrogen) atoms. The molecule has 2 rings (SSSR count). The summed E-state index contributed by atoms with van der Waals surface area (Å²) < 4.78 is 0. The normalized spacial score (nSPS) is 18.3. The summed E-state index contributed by atoms with van der Waals surface area (Å²) in [6.07, 6.45) is 0.852. The lowest BCUT2D eigenvalue weighted by Crippen LogP contribution is -2.37. The molecule has 1 unspecified atom stereocenters. The first-order valence-corrected chi connectivity index (χ1v) is 7.71. The summed E-state index contributed by atoms with van der Waals surface area (Å²) in [5, 5.41) is 11.4. The third kappa shape index (κ3) is 3.24. The third-order valence-corrected chi connectivity index (χ3v) is 4.38. The Labute approximate surface area is 127 Å². The molecule has 1 saturated heterocycles. The van der Waals surface area contributed by atoms with Gasteiger partial charge in [-0.3, -0.25) is 19.8 Å². The molecule has 7 heteroatoms. The molecule has 0 N–H and O–H groups in total. The molecule has 0 aliphatic carbocycles. The van der Waals surface area contributed by atoms with Crippen LogP contribution in [0.3, 0.4) is 0 Å². The third-order valence-electron chi connectivity index (χ3n) is 3.44. The number of hydrogen-bond acceptors (Lipinski definition) is 5. The molecule has 0 saturated carbocycles. The van der Waals surface area contributed by atoms with Crippen LogP contribution in [-0.2, 0) is 4.79 Å². The van der Waals surface area contributed by atoms with Gasteiger partial charge in [0, 0.05) is 18.2 Å². The summed E-state index contributed by atoms with van der Waals surface area (Å²) in [6.45, 7) is 5.79. The molecule has 0 spiro atoms. The van der Waals surface area contributed by atoms with Crippen molar-refractivity contribution in [1.82, 2.24) is 4.90 Å². The fraction of sp³-hybridized carbons (Fsp3) is 0.429. The van der Waals surface area contributed by atoms with Crippen molar-refractivity contribution in [1.29, 1.82) is 0 Å². The van der Waals surface area contributed by atoms with Crippen LogP contribution in [0.2, 0.25) is 0 Å². The van der Waals surface area contributed by atoms with Crippen LogP contribution in [0, 0.1) is 17.0 Å².